The average molecular weight is 442 g/mol. The largest absolute Gasteiger partial charge is 0.454 e. The maximum Gasteiger partial charge on any atom is 0.168 e. The van der Waals surface area contributed by atoms with Crippen LogP contribution >= 0.6 is 0 Å². The van der Waals surface area contributed by atoms with Gasteiger partial charge in [0.05, 0.1) is 5.25 Å². The molecule has 4 rings (SSSR count). The number of nitrogens with one attached hydrogen (secondary N) is 1. The predicted octanol–water partition coefficient (Wildman–Crippen LogP) is 5.71. The highest BCUT2D eigenvalue weighted by atomic mass is 32.2. The number of hydrogen-bond donors (Lipinski definition) is 1. The second kappa shape index (κ2) is 7.77. The van der Waals surface area contributed by atoms with Crippen LogP contribution in [0.15, 0.2) is 54.7 Å². The van der Waals surface area contributed by atoms with Gasteiger partial charge in [0, 0.05) is 35.2 Å². The van der Waals surface area contributed by atoms with Gasteiger partial charge in [0.25, 0.3) is 0 Å². The number of fused-ring (bicyclic) bond motifs is 1. The molecule has 1 atom stereocenters. The van der Waals surface area contributed by atoms with Gasteiger partial charge in [0.15, 0.2) is 21.4 Å². The minimum atomic E-state index is -3.34. The summed E-state index contributed by atoms with van der Waals surface area (Å²) >= 11 is 0. The van der Waals surface area contributed by atoms with E-state index in [1.807, 2.05) is 19.1 Å². The number of halogens is 2. The normalized spacial score (nSPS) is 12.8. The van der Waals surface area contributed by atoms with E-state index in [4.69, 9.17) is 4.74 Å². The van der Waals surface area contributed by atoms with Gasteiger partial charge in [-0.3, -0.25) is 0 Å². The first-order valence-electron chi connectivity index (χ1n) is 9.54. The molecule has 0 aliphatic heterocycles. The number of aromatic amines is 1. The maximum absolute atomic E-state index is 14.2. The summed E-state index contributed by atoms with van der Waals surface area (Å²) in [6.45, 7) is 3.45. The van der Waals surface area contributed by atoms with E-state index in [1.54, 1.807) is 31.3 Å². The molecule has 0 fully saturated rings. The predicted molar refractivity (Wildman–Crippen MR) is 116 cm³/mol. The van der Waals surface area contributed by atoms with Gasteiger partial charge in [-0.2, -0.15) is 0 Å². The van der Waals surface area contributed by atoms with Crippen LogP contribution in [-0.4, -0.2) is 24.6 Å². The molecule has 0 spiro atoms. The van der Waals surface area contributed by atoms with Crippen LogP contribution < -0.4 is 4.74 Å². The molecular weight excluding hydrogens is 422 g/mol. The first-order chi connectivity index (χ1) is 14.6. The van der Waals surface area contributed by atoms with Crippen molar-refractivity contribution in [2.75, 3.05) is 6.26 Å². The number of pyridine rings is 1. The number of ether oxygens (including phenoxy) is 1. The van der Waals surface area contributed by atoms with Crippen molar-refractivity contribution < 1.29 is 21.9 Å². The Labute approximate surface area is 178 Å². The van der Waals surface area contributed by atoms with Gasteiger partial charge in [-0.05, 0) is 61.4 Å². The van der Waals surface area contributed by atoms with Crippen LogP contribution in [0.2, 0.25) is 0 Å². The number of hydrogen-bond acceptors (Lipinski definition) is 4. The van der Waals surface area contributed by atoms with Crippen molar-refractivity contribution in [1.82, 2.24) is 9.97 Å². The second-order valence-corrected chi connectivity index (χ2v) is 9.82. The summed E-state index contributed by atoms with van der Waals surface area (Å²) in [6, 6.07) is 11.7. The summed E-state index contributed by atoms with van der Waals surface area (Å²) in [5.41, 5.74) is 3.30. The fraction of sp³-hybridized carbons (Fsp3) is 0.174. The molecule has 0 aliphatic carbocycles. The lowest BCUT2D eigenvalue weighted by Gasteiger charge is -2.17. The monoisotopic (exact) mass is 442 g/mol. The molecule has 5 nitrogen and oxygen atoms in total. The van der Waals surface area contributed by atoms with Gasteiger partial charge in [-0.25, -0.2) is 22.2 Å². The molecule has 2 aromatic heterocycles. The zero-order chi connectivity index (χ0) is 22.3. The van der Waals surface area contributed by atoms with Crippen LogP contribution in [0.25, 0.3) is 22.2 Å². The number of rotatable bonds is 5. The fourth-order valence-electron chi connectivity index (χ4n) is 3.41. The maximum atomic E-state index is 14.2. The van der Waals surface area contributed by atoms with E-state index in [1.165, 1.54) is 12.3 Å². The van der Waals surface area contributed by atoms with E-state index < -0.39 is 26.7 Å². The number of nitrogens with zero attached hydrogens (tertiary/aromatic N) is 1. The Bertz CT molecular complexity index is 1400. The molecule has 0 saturated carbocycles. The summed E-state index contributed by atoms with van der Waals surface area (Å²) in [4.78, 5) is 7.53. The summed E-state index contributed by atoms with van der Waals surface area (Å²) in [7, 11) is -3.34. The van der Waals surface area contributed by atoms with Gasteiger partial charge in [0.1, 0.15) is 17.2 Å². The van der Waals surface area contributed by atoms with Crippen molar-refractivity contribution in [3.8, 4) is 22.6 Å². The molecule has 4 aromatic rings. The van der Waals surface area contributed by atoms with Crippen molar-refractivity contribution >= 4 is 20.9 Å². The summed E-state index contributed by atoms with van der Waals surface area (Å²) in [5.74, 6) is -1.37. The van der Waals surface area contributed by atoms with Crippen LogP contribution in [0, 0.1) is 18.6 Å². The number of sulfone groups is 1. The lowest BCUT2D eigenvalue weighted by molar-refractivity contribution is 0.439. The number of benzene rings is 2. The molecule has 31 heavy (non-hydrogen) atoms. The average Bonchev–Trinajstić information content (AvgIpc) is 3.17. The Hall–Kier alpha value is -3.26. The molecule has 1 unspecified atom stereocenters. The van der Waals surface area contributed by atoms with Crippen molar-refractivity contribution in [2.24, 2.45) is 0 Å². The number of aryl methyl sites for hydroxylation is 1. The van der Waals surface area contributed by atoms with Crippen molar-refractivity contribution in [1.29, 1.82) is 0 Å². The third-order valence-corrected chi connectivity index (χ3v) is 6.73. The highest BCUT2D eigenvalue weighted by molar-refractivity contribution is 7.90. The topological polar surface area (TPSA) is 72.1 Å². The van der Waals surface area contributed by atoms with E-state index in [9.17, 15) is 17.2 Å². The molecular formula is C23H20F2N2O3S. The quantitative estimate of drug-likeness (QED) is 0.429. The first-order valence-corrected chi connectivity index (χ1v) is 11.5. The van der Waals surface area contributed by atoms with Crippen LogP contribution in [0.5, 0.6) is 11.5 Å². The van der Waals surface area contributed by atoms with Gasteiger partial charge >= 0.3 is 0 Å². The van der Waals surface area contributed by atoms with Gasteiger partial charge in [0.2, 0.25) is 0 Å². The molecule has 0 radical (unpaired) electrons. The van der Waals surface area contributed by atoms with Crippen LogP contribution in [0.4, 0.5) is 8.78 Å². The van der Waals surface area contributed by atoms with Crippen LogP contribution in [0.3, 0.4) is 0 Å². The van der Waals surface area contributed by atoms with Crippen molar-refractivity contribution in [3.05, 3.63) is 77.6 Å². The molecule has 0 saturated heterocycles. The smallest absolute Gasteiger partial charge is 0.168 e. The molecule has 1 N–H and O–H groups in total. The van der Waals surface area contributed by atoms with Crippen molar-refractivity contribution in [2.45, 2.75) is 19.1 Å². The molecule has 160 valence electrons. The highest BCUT2D eigenvalue weighted by Crippen LogP contribution is 2.40. The standard InChI is InChI=1S/C23H20F2N2O3S/c1-13-10-18(17-8-9-26-23(17)27-13)19-11-15(14(2)31(3,28)29)4-6-21(19)30-22-7-5-16(24)12-20(22)25/h4-12,14H,1-3H3,(H,26,27). The van der Waals surface area contributed by atoms with E-state index in [0.29, 0.717) is 22.5 Å². The highest BCUT2D eigenvalue weighted by Gasteiger charge is 2.21. The van der Waals surface area contributed by atoms with E-state index in [0.717, 1.165) is 28.8 Å². The van der Waals surface area contributed by atoms with Crippen LogP contribution in [0.1, 0.15) is 23.4 Å². The second-order valence-electron chi connectivity index (χ2n) is 7.46. The minimum absolute atomic E-state index is 0.136. The summed E-state index contributed by atoms with van der Waals surface area (Å²) in [5, 5.41) is 0.0618. The number of H-pyrrole nitrogens is 1. The zero-order valence-electron chi connectivity index (χ0n) is 17.1. The first kappa shape index (κ1) is 21.0. The molecule has 2 heterocycles. The van der Waals surface area contributed by atoms with E-state index in [2.05, 4.69) is 9.97 Å². The molecule has 2 aromatic carbocycles. The lowest BCUT2D eigenvalue weighted by atomic mass is 9.98. The Morgan fingerprint density at radius 3 is 2.45 bits per heavy atom. The minimum Gasteiger partial charge on any atom is -0.454 e. The van der Waals surface area contributed by atoms with Crippen LogP contribution in [-0.2, 0) is 9.84 Å². The Morgan fingerprint density at radius 1 is 1.00 bits per heavy atom. The fourth-order valence-corrected chi connectivity index (χ4v) is 4.05. The summed E-state index contributed by atoms with van der Waals surface area (Å²) in [6.07, 6.45) is 2.93. The van der Waals surface area contributed by atoms with E-state index in [-0.39, 0.29) is 5.75 Å². The zero-order valence-corrected chi connectivity index (χ0v) is 17.9. The molecule has 0 aliphatic rings. The molecule has 0 bridgehead atoms. The Morgan fingerprint density at radius 2 is 1.74 bits per heavy atom. The SMILES string of the molecule is Cc1cc(-c2cc(C(C)S(C)(=O)=O)ccc2Oc2ccc(F)cc2F)c2cc[nH]c2n1. The Kier molecular flexibility index (Phi) is 5.26. The van der Waals surface area contributed by atoms with Gasteiger partial charge < -0.3 is 9.72 Å². The third kappa shape index (κ3) is 4.16. The lowest BCUT2D eigenvalue weighted by Crippen LogP contribution is -2.08. The van der Waals surface area contributed by atoms with Crippen molar-refractivity contribution in [3.63, 3.8) is 0 Å². The summed E-state index contributed by atoms with van der Waals surface area (Å²) < 4.78 is 57.6. The Balaban J connectivity index is 1.93. The van der Waals surface area contributed by atoms with Gasteiger partial charge in [-0.15, -0.1) is 0 Å². The molecule has 8 heteroatoms. The third-order valence-electron chi connectivity index (χ3n) is 5.18. The van der Waals surface area contributed by atoms with E-state index >= 15 is 0 Å². The molecule has 0 amide bonds. The number of aromatic nitrogens is 2. The van der Waals surface area contributed by atoms with Gasteiger partial charge in [-0.1, -0.05) is 6.07 Å².